The van der Waals surface area contributed by atoms with Gasteiger partial charge in [0.1, 0.15) is 0 Å². The summed E-state index contributed by atoms with van der Waals surface area (Å²) in [6, 6.07) is 3.71. The maximum atomic E-state index is 11.5. The van der Waals surface area contributed by atoms with Gasteiger partial charge < -0.3 is 10.1 Å². The summed E-state index contributed by atoms with van der Waals surface area (Å²) in [5.41, 5.74) is 0.0590. The standard InChI is InChI=1S/C10H10N2O2S/c1-2-6-9(13)11-8(12-10(6)14)7-4-3-5-15-7/h3-5H,2H2,1H3,(H2,11,12,13,14). The minimum atomic E-state index is -0.270. The van der Waals surface area contributed by atoms with Gasteiger partial charge in [0.15, 0.2) is 5.82 Å². The zero-order valence-electron chi connectivity index (χ0n) is 8.15. The van der Waals surface area contributed by atoms with E-state index in [1.165, 1.54) is 11.3 Å². The minimum Gasteiger partial charge on any atom is -0.493 e. The Morgan fingerprint density at radius 3 is 2.93 bits per heavy atom. The largest absolute Gasteiger partial charge is 0.493 e. The minimum absolute atomic E-state index is 0.176. The van der Waals surface area contributed by atoms with Crippen molar-refractivity contribution in [2.75, 3.05) is 0 Å². The number of hydrogen-bond acceptors (Lipinski definition) is 4. The Labute approximate surface area is 90.3 Å². The molecule has 2 rings (SSSR count). The van der Waals surface area contributed by atoms with Crippen LogP contribution in [0, 0.1) is 0 Å². The fourth-order valence-electron chi connectivity index (χ4n) is 1.33. The maximum absolute atomic E-state index is 11.5. The molecule has 5 heteroatoms. The van der Waals surface area contributed by atoms with Crippen molar-refractivity contribution in [2.24, 2.45) is 0 Å². The lowest BCUT2D eigenvalue weighted by atomic mass is 10.2. The van der Waals surface area contributed by atoms with Gasteiger partial charge in [0.25, 0.3) is 5.56 Å². The average molecular weight is 222 g/mol. The second kappa shape index (κ2) is 3.86. The molecule has 0 fully saturated rings. The van der Waals surface area contributed by atoms with Crippen molar-refractivity contribution in [3.05, 3.63) is 33.4 Å². The van der Waals surface area contributed by atoms with Crippen LogP contribution in [0.15, 0.2) is 22.3 Å². The molecule has 0 unspecified atom stereocenters. The molecule has 0 spiro atoms. The smallest absolute Gasteiger partial charge is 0.258 e. The highest BCUT2D eigenvalue weighted by molar-refractivity contribution is 7.13. The second-order valence-corrected chi connectivity index (χ2v) is 4.00. The molecule has 4 nitrogen and oxygen atoms in total. The van der Waals surface area contributed by atoms with Crippen LogP contribution in [-0.4, -0.2) is 15.1 Å². The first kappa shape index (κ1) is 9.92. The molecule has 0 aliphatic heterocycles. The Balaban J connectivity index is 2.58. The predicted molar refractivity (Wildman–Crippen MR) is 59.2 cm³/mol. The Morgan fingerprint density at radius 1 is 1.60 bits per heavy atom. The summed E-state index contributed by atoms with van der Waals surface area (Å²) in [4.78, 5) is 19.0. The number of nitrogens with one attached hydrogen (secondary N) is 1. The van der Waals surface area contributed by atoms with E-state index in [9.17, 15) is 9.90 Å². The van der Waals surface area contributed by atoms with Crippen LogP contribution in [0.1, 0.15) is 12.5 Å². The van der Waals surface area contributed by atoms with E-state index in [4.69, 9.17) is 0 Å². The van der Waals surface area contributed by atoms with Crippen molar-refractivity contribution in [2.45, 2.75) is 13.3 Å². The number of aromatic hydroxyl groups is 1. The molecule has 0 radical (unpaired) electrons. The number of aromatic amines is 1. The number of rotatable bonds is 2. The summed E-state index contributed by atoms with van der Waals surface area (Å²) in [7, 11) is 0. The molecule has 0 saturated heterocycles. The van der Waals surface area contributed by atoms with Crippen LogP contribution in [0.4, 0.5) is 0 Å². The van der Waals surface area contributed by atoms with Crippen LogP contribution in [-0.2, 0) is 6.42 Å². The van der Waals surface area contributed by atoms with Crippen LogP contribution in [0.5, 0.6) is 5.88 Å². The van der Waals surface area contributed by atoms with Gasteiger partial charge in [0.05, 0.1) is 10.4 Å². The normalized spacial score (nSPS) is 10.5. The quantitative estimate of drug-likeness (QED) is 0.813. The molecule has 2 aromatic heterocycles. The molecule has 0 atom stereocenters. The first-order valence-corrected chi connectivity index (χ1v) is 5.46. The third kappa shape index (κ3) is 1.78. The first-order chi connectivity index (χ1) is 7.22. The molecular weight excluding hydrogens is 212 g/mol. The van der Waals surface area contributed by atoms with Gasteiger partial charge >= 0.3 is 0 Å². The third-order valence-electron chi connectivity index (χ3n) is 2.10. The third-order valence-corrected chi connectivity index (χ3v) is 2.98. The molecule has 0 saturated carbocycles. The number of thiophene rings is 1. The van der Waals surface area contributed by atoms with E-state index in [2.05, 4.69) is 9.97 Å². The van der Waals surface area contributed by atoms with Crippen molar-refractivity contribution in [3.8, 4) is 16.6 Å². The van der Waals surface area contributed by atoms with Gasteiger partial charge in [-0.3, -0.25) is 4.79 Å². The summed E-state index contributed by atoms with van der Waals surface area (Å²) >= 11 is 1.46. The van der Waals surface area contributed by atoms with E-state index < -0.39 is 0 Å². The molecule has 0 bridgehead atoms. The molecule has 0 aliphatic carbocycles. The van der Waals surface area contributed by atoms with Gasteiger partial charge in [-0.1, -0.05) is 13.0 Å². The fraction of sp³-hybridized carbons (Fsp3) is 0.200. The van der Waals surface area contributed by atoms with Crippen LogP contribution < -0.4 is 5.56 Å². The molecule has 2 heterocycles. The van der Waals surface area contributed by atoms with Crippen molar-refractivity contribution in [3.63, 3.8) is 0 Å². The molecular formula is C10H10N2O2S. The van der Waals surface area contributed by atoms with Crippen molar-refractivity contribution < 1.29 is 5.11 Å². The highest BCUT2D eigenvalue weighted by Crippen LogP contribution is 2.22. The monoisotopic (exact) mass is 222 g/mol. The van der Waals surface area contributed by atoms with Crippen LogP contribution in [0.25, 0.3) is 10.7 Å². The Morgan fingerprint density at radius 2 is 2.40 bits per heavy atom. The van der Waals surface area contributed by atoms with Gasteiger partial charge in [0, 0.05) is 0 Å². The first-order valence-electron chi connectivity index (χ1n) is 4.58. The van der Waals surface area contributed by atoms with E-state index in [1.807, 2.05) is 17.5 Å². The lowest BCUT2D eigenvalue weighted by Gasteiger charge is -2.01. The average Bonchev–Trinajstić information content (AvgIpc) is 2.69. The summed E-state index contributed by atoms with van der Waals surface area (Å²) in [6.07, 6.45) is 0.471. The van der Waals surface area contributed by atoms with E-state index in [0.717, 1.165) is 4.88 Å². The summed E-state index contributed by atoms with van der Waals surface area (Å²) in [5.74, 6) is 0.245. The predicted octanol–water partition coefficient (Wildman–Crippen LogP) is 1.77. The van der Waals surface area contributed by atoms with Gasteiger partial charge in [-0.05, 0) is 17.9 Å². The van der Waals surface area contributed by atoms with Gasteiger partial charge in [0.2, 0.25) is 5.88 Å². The Bertz CT molecular complexity index is 517. The number of hydrogen-bond donors (Lipinski definition) is 2. The molecule has 2 aromatic rings. The van der Waals surface area contributed by atoms with Crippen molar-refractivity contribution in [1.29, 1.82) is 0 Å². The summed E-state index contributed by atoms with van der Waals surface area (Å²) in [5, 5.41) is 11.4. The zero-order chi connectivity index (χ0) is 10.8. The van der Waals surface area contributed by atoms with E-state index in [-0.39, 0.29) is 11.4 Å². The Kier molecular flexibility index (Phi) is 2.55. The van der Waals surface area contributed by atoms with E-state index in [1.54, 1.807) is 6.92 Å². The SMILES string of the molecule is CCc1c(O)nc(-c2cccs2)[nH]c1=O. The highest BCUT2D eigenvalue weighted by Gasteiger charge is 2.10. The number of nitrogens with zero attached hydrogens (tertiary/aromatic N) is 1. The fourth-order valence-corrected chi connectivity index (χ4v) is 2.00. The Hall–Kier alpha value is -1.62. The second-order valence-electron chi connectivity index (χ2n) is 3.05. The van der Waals surface area contributed by atoms with Gasteiger partial charge in [-0.15, -0.1) is 11.3 Å². The molecule has 0 aromatic carbocycles. The molecule has 78 valence electrons. The summed E-state index contributed by atoms with van der Waals surface area (Å²) < 4.78 is 0. The molecule has 15 heavy (non-hydrogen) atoms. The van der Waals surface area contributed by atoms with Crippen LogP contribution in [0.2, 0.25) is 0 Å². The topological polar surface area (TPSA) is 66.0 Å². The van der Waals surface area contributed by atoms with E-state index >= 15 is 0 Å². The molecule has 2 N–H and O–H groups in total. The number of H-pyrrole nitrogens is 1. The van der Waals surface area contributed by atoms with Gasteiger partial charge in [-0.2, -0.15) is 4.98 Å². The molecule has 0 aliphatic rings. The highest BCUT2D eigenvalue weighted by atomic mass is 32.1. The number of aromatic nitrogens is 2. The maximum Gasteiger partial charge on any atom is 0.258 e. The lowest BCUT2D eigenvalue weighted by Crippen LogP contribution is -2.14. The van der Waals surface area contributed by atoms with Crippen molar-refractivity contribution in [1.82, 2.24) is 9.97 Å². The van der Waals surface area contributed by atoms with Crippen LogP contribution >= 0.6 is 11.3 Å². The van der Waals surface area contributed by atoms with Crippen molar-refractivity contribution >= 4 is 11.3 Å². The summed E-state index contributed by atoms with van der Waals surface area (Å²) in [6.45, 7) is 1.80. The van der Waals surface area contributed by atoms with Crippen LogP contribution in [0.3, 0.4) is 0 Å². The van der Waals surface area contributed by atoms with Gasteiger partial charge in [-0.25, -0.2) is 0 Å². The lowest BCUT2D eigenvalue weighted by molar-refractivity contribution is 0.444. The van der Waals surface area contributed by atoms with E-state index in [0.29, 0.717) is 17.8 Å². The zero-order valence-corrected chi connectivity index (χ0v) is 8.97. The molecule has 0 amide bonds.